The number of aryl methyl sites for hydroxylation is 1. The first-order valence-electron chi connectivity index (χ1n) is 6.41. The van der Waals surface area contributed by atoms with E-state index in [2.05, 4.69) is 30.7 Å². The van der Waals surface area contributed by atoms with Gasteiger partial charge in [-0.05, 0) is 13.2 Å². The molecule has 2 rings (SSSR count). The van der Waals surface area contributed by atoms with Crippen molar-refractivity contribution in [2.45, 2.75) is 25.4 Å². The summed E-state index contributed by atoms with van der Waals surface area (Å²) in [5.41, 5.74) is 0. The zero-order valence-electron chi connectivity index (χ0n) is 11.8. The van der Waals surface area contributed by atoms with Crippen molar-refractivity contribution in [1.29, 1.82) is 0 Å². The molecule has 7 nitrogen and oxygen atoms in total. The first kappa shape index (κ1) is 14.6. The van der Waals surface area contributed by atoms with Gasteiger partial charge in [-0.25, -0.2) is 9.97 Å². The van der Waals surface area contributed by atoms with E-state index >= 15 is 0 Å². The molecule has 0 atom stereocenters. The fraction of sp³-hybridized carbons (Fsp3) is 0.500. The maximum atomic E-state index is 4.93. The summed E-state index contributed by atoms with van der Waals surface area (Å²) in [5.74, 6) is 2.90. The summed E-state index contributed by atoms with van der Waals surface area (Å²) in [6, 6.07) is 1.89. The average Bonchev–Trinajstić information content (AvgIpc) is 2.84. The summed E-state index contributed by atoms with van der Waals surface area (Å²) in [4.78, 5) is 12.9. The highest BCUT2D eigenvalue weighted by molar-refractivity contribution is 7.98. The molecule has 0 aromatic carbocycles. The molecule has 0 radical (unpaired) electrons. The van der Waals surface area contributed by atoms with Crippen LogP contribution in [-0.4, -0.2) is 39.5 Å². The number of aromatic nitrogens is 4. The molecule has 0 aliphatic rings. The molecule has 8 heteroatoms. The van der Waals surface area contributed by atoms with Crippen molar-refractivity contribution >= 4 is 23.4 Å². The van der Waals surface area contributed by atoms with Crippen molar-refractivity contribution in [3.05, 3.63) is 17.8 Å². The molecule has 0 aliphatic heterocycles. The van der Waals surface area contributed by atoms with Crippen molar-refractivity contribution < 1.29 is 4.52 Å². The highest BCUT2D eigenvalue weighted by Crippen LogP contribution is 2.17. The van der Waals surface area contributed by atoms with E-state index in [4.69, 9.17) is 4.52 Å². The maximum absolute atomic E-state index is 4.93. The van der Waals surface area contributed by atoms with Gasteiger partial charge in [0.05, 0.1) is 0 Å². The summed E-state index contributed by atoms with van der Waals surface area (Å²) in [6.07, 6.45) is 2.64. The van der Waals surface area contributed by atoms with Crippen LogP contribution in [-0.2, 0) is 6.42 Å². The van der Waals surface area contributed by atoms with Crippen LogP contribution in [0.2, 0.25) is 0 Å². The lowest BCUT2D eigenvalue weighted by molar-refractivity contribution is 0.387. The van der Waals surface area contributed by atoms with E-state index in [-0.39, 0.29) is 0 Å². The molecule has 2 aromatic heterocycles. The number of thioether (sulfide) groups is 1. The molecule has 108 valence electrons. The monoisotopic (exact) mass is 294 g/mol. The second-order valence-corrected chi connectivity index (χ2v) is 4.84. The van der Waals surface area contributed by atoms with Crippen LogP contribution < -0.4 is 10.6 Å². The number of nitrogens with zero attached hydrogens (tertiary/aromatic N) is 4. The van der Waals surface area contributed by atoms with Gasteiger partial charge in [0.1, 0.15) is 11.6 Å². The van der Waals surface area contributed by atoms with Gasteiger partial charge in [0.2, 0.25) is 5.89 Å². The Kier molecular flexibility index (Phi) is 5.16. The van der Waals surface area contributed by atoms with Gasteiger partial charge in [-0.1, -0.05) is 16.9 Å². The Morgan fingerprint density at radius 1 is 1.20 bits per heavy atom. The van der Waals surface area contributed by atoms with Crippen molar-refractivity contribution in [2.24, 2.45) is 0 Å². The van der Waals surface area contributed by atoms with Crippen LogP contribution in [0.5, 0.6) is 0 Å². The standard InChI is InChI=1S/C12H18N6OS/c1-4-13-10-7-11(17-12(16-10)20-3)14-6-5-9-15-8(2)19-18-9/h7H,4-6H2,1-3H3,(H2,13,14,16,17). The zero-order chi connectivity index (χ0) is 14.4. The molecule has 0 saturated carbocycles. The molecule has 2 N–H and O–H groups in total. The van der Waals surface area contributed by atoms with E-state index in [1.54, 1.807) is 6.92 Å². The van der Waals surface area contributed by atoms with Gasteiger partial charge in [-0.3, -0.25) is 0 Å². The number of nitrogens with one attached hydrogen (secondary N) is 2. The van der Waals surface area contributed by atoms with Crippen molar-refractivity contribution in [1.82, 2.24) is 20.1 Å². The summed E-state index contributed by atoms with van der Waals surface area (Å²) >= 11 is 1.51. The number of anilines is 2. The molecule has 2 heterocycles. The largest absolute Gasteiger partial charge is 0.370 e. The minimum absolute atomic E-state index is 0.584. The van der Waals surface area contributed by atoms with Crippen molar-refractivity contribution in [2.75, 3.05) is 30.0 Å². The van der Waals surface area contributed by atoms with E-state index in [9.17, 15) is 0 Å². The number of rotatable bonds is 7. The Hall–Kier alpha value is -1.83. The second kappa shape index (κ2) is 7.09. The third-order valence-corrected chi connectivity index (χ3v) is 3.02. The Labute approximate surface area is 122 Å². The second-order valence-electron chi connectivity index (χ2n) is 4.06. The molecule has 0 spiro atoms. The molecule has 20 heavy (non-hydrogen) atoms. The Morgan fingerprint density at radius 3 is 2.55 bits per heavy atom. The average molecular weight is 294 g/mol. The quantitative estimate of drug-likeness (QED) is 0.592. The topological polar surface area (TPSA) is 88.8 Å². The van der Waals surface area contributed by atoms with E-state index in [0.717, 1.165) is 23.3 Å². The predicted octanol–water partition coefficient (Wildman–Crippen LogP) is 1.98. The Bertz CT molecular complexity index is 559. The molecule has 0 bridgehead atoms. The van der Waals surface area contributed by atoms with Gasteiger partial charge < -0.3 is 15.2 Å². The summed E-state index contributed by atoms with van der Waals surface area (Å²) in [7, 11) is 0. The maximum Gasteiger partial charge on any atom is 0.223 e. The van der Waals surface area contributed by atoms with E-state index < -0.39 is 0 Å². The van der Waals surface area contributed by atoms with Crippen LogP contribution >= 0.6 is 11.8 Å². The van der Waals surface area contributed by atoms with Gasteiger partial charge in [0.25, 0.3) is 0 Å². The van der Waals surface area contributed by atoms with E-state index in [1.807, 2.05) is 19.2 Å². The molecule has 0 saturated heterocycles. The highest BCUT2D eigenvalue weighted by atomic mass is 32.2. The van der Waals surface area contributed by atoms with Crippen LogP contribution in [0.3, 0.4) is 0 Å². The van der Waals surface area contributed by atoms with Gasteiger partial charge in [0.15, 0.2) is 11.0 Å². The highest BCUT2D eigenvalue weighted by Gasteiger charge is 2.05. The first-order chi connectivity index (χ1) is 9.71. The molecular formula is C12H18N6OS. The van der Waals surface area contributed by atoms with Gasteiger partial charge in [-0.2, -0.15) is 4.98 Å². The van der Waals surface area contributed by atoms with Gasteiger partial charge in [-0.15, -0.1) is 0 Å². The van der Waals surface area contributed by atoms with Crippen LogP contribution in [0.15, 0.2) is 15.7 Å². The molecule has 0 aliphatic carbocycles. The summed E-state index contributed by atoms with van der Waals surface area (Å²) < 4.78 is 4.93. The first-order valence-corrected chi connectivity index (χ1v) is 7.63. The van der Waals surface area contributed by atoms with Crippen LogP contribution in [0.4, 0.5) is 11.6 Å². The molecule has 0 unspecified atom stereocenters. The minimum atomic E-state index is 0.584. The van der Waals surface area contributed by atoms with Crippen LogP contribution in [0.1, 0.15) is 18.6 Å². The molecule has 0 amide bonds. The smallest absolute Gasteiger partial charge is 0.223 e. The third-order valence-electron chi connectivity index (χ3n) is 2.47. The lowest BCUT2D eigenvalue weighted by Gasteiger charge is -2.08. The van der Waals surface area contributed by atoms with Gasteiger partial charge >= 0.3 is 0 Å². The Morgan fingerprint density at radius 2 is 1.95 bits per heavy atom. The van der Waals surface area contributed by atoms with Crippen LogP contribution in [0, 0.1) is 6.92 Å². The van der Waals surface area contributed by atoms with Crippen LogP contribution in [0.25, 0.3) is 0 Å². The SMILES string of the molecule is CCNc1cc(NCCc2noc(C)n2)nc(SC)n1. The number of hydrogen-bond acceptors (Lipinski definition) is 8. The van der Waals surface area contributed by atoms with Gasteiger partial charge in [0, 0.05) is 32.5 Å². The molecule has 0 fully saturated rings. The Balaban J connectivity index is 1.95. The predicted molar refractivity (Wildman–Crippen MR) is 79.2 cm³/mol. The lowest BCUT2D eigenvalue weighted by Crippen LogP contribution is -2.09. The summed E-state index contributed by atoms with van der Waals surface area (Å²) in [5, 5.41) is 11.0. The lowest BCUT2D eigenvalue weighted by atomic mass is 10.4. The number of hydrogen-bond donors (Lipinski definition) is 2. The zero-order valence-corrected chi connectivity index (χ0v) is 12.6. The van der Waals surface area contributed by atoms with Crippen molar-refractivity contribution in [3.8, 4) is 0 Å². The van der Waals surface area contributed by atoms with Crippen molar-refractivity contribution in [3.63, 3.8) is 0 Å². The molecular weight excluding hydrogens is 276 g/mol. The minimum Gasteiger partial charge on any atom is -0.370 e. The fourth-order valence-corrected chi connectivity index (χ4v) is 2.00. The van der Waals surface area contributed by atoms with E-state index in [1.165, 1.54) is 11.8 Å². The van der Waals surface area contributed by atoms with E-state index in [0.29, 0.717) is 24.7 Å². The fourth-order valence-electron chi connectivity index (χ4n) is 1.62. The summed E-state index contributed by atoms with van der Waals surface area (Å²) in [6.45, 7) is 5.33. The third kappa shape index (κ3) is 4.09. The normalized spacial score (nSPS) is 10.6. The molecule has 2 aromatic rings.